The summed E-state index contributed by atoms with van der Waals surface area (Å²) in [4.78, 5) is 15.8. The minimum atomic E-state index is -0.410. The van der Waals surface area contributed by atoms with Crippen molar-refractivity contribution in [3.63, 3.8) is 0 Å². The molecule has 0 saturated heterocycles. The zero-order chi connectivity index (χ0) is 10.6. The summed E-state index contributed by atoms with van der Waals surface area (Å²) < 4.78 is 6.37. The molecule has 0 amide bonds. The lowest BCUT2D eigenvalue weighted by Gasteiger charge is -2.03. The summed E-state index contributed by atoms with van der Waals surface area (Å²) in [5.41, 5.74) is 0.991. The lowest BCUT2D eigenvalue weighted by Crippen LogP contribution is -2.11. The molecule has 1 heterocycles. The van der Waals surface area contributed by atoms with Crippen LogP contribution >= 0.6 is 0 Å². The molecule has 6 heteroatoms. The van der Waals surface area contributed by atoms with Crippen LogP contribution in [0.25, 0.3) is 0 Å². The number of aromatic nitrogens is 2. The van der Waals surface area contributed by atoms with Gasteiger partial charge in [-0.1, -0.05) is 0 Å². The summed E-state index contributed by atoms with van der Waals surface area (Å²) in [7, 11) is 1.71. The number of esters is 1. The van der Waals surface area contributed by atoms with E-state index >= 15 is 0 Å². The number of nitrogens with two attached hydrogens (primary N) is 1. The fraction of sp³-hybridized carbons (Fsp3) is 0.500. The molecule has 0 fully saturated rings. The van der Waals surface area contributed by atoms with Crippen LogP contribution in [0.4, 0.5) is 0 Å². The summed E-state index contributed by atoms with van der Waals surface area (Å²) in [5.74, 6) is 4.53. The van der Waals surface area contributed by atoms with Crippen LogP contribution in [0.5, 0.6) is 0 Å². The Morgan fingerprint density at radius 2 is 2.43 bits per heavy atom. The third-order valence-electron chi connectivity index (χ3n) is 1.78. The van der Waals surface area contributed by atoms with Gasteiger partial charge in [-0.15, -0.1) is 0 Å². The molecule has 0 aliphatic carbocycles. The van der Waals surface area contributed by atoms with E-state index in [9.17, 15) is 4.79 Å². The number of hydrogen-bond acceptors (Lipinski definition) is 5. The quantitative estimate of drug-likeness (QED) is 0.545. The largest absolute Gasteiger partial charge is 0.462 e. The first-order valence-electron chi connectivity index (χ1n) is 4.20. The van der Waals surface area contributed by atoms with Crippen LogP contribution in [0.2, 0.25) is 0 Å². The van der Waals surface area contributed by atoms with Gasteiger partial charge in [-0.3, -0.25) is 9.52 Å². The molecule has 0 aromatic carbocycles. The van der Waals surface area contributed by atoms with E-state index in [-0.39, 0.29) is 6.61 Å². The van der Waals surface area contributed by atoms with Crippen LogP contribution in [-0.4, -0.2) is 22.4 Å². The van der Waals surface area contributed by atoms with Crippen molar-refractivity contribution in [2.24, 2.45) is 12.9 Å². The van der Waals surface area contributed by atoms with Crippen molar-refractivity contribution in [1.82, 2.24) is 9.78 Å². The van der Waals surface area contributed by atoms with Crippen molar-refractivity contribution >= 4 is 5.97 Å². The van der Waals surface area contributed by atoms with Gasteiger partial charge in [0.05, 0.1) is 18.5 Å². The van der Waals surface area contributed by atoms with Gasteiger partial charge in [-0.25, -0.2) is 10.7 Å². The average Bonchev–Trinajstić information content (AvgIpc) is 2.50. The van der Waals surface area contributed by atoms with Gasteiger partial charge >= 0.3 is 5.97 Å². The summed E-state index contributed by atoms with van der Waals surface area (Å²) in [6, 6.07) is 0. The second-order valence-corrected chi connectivity index (χ2v) is 2.66. The van der Waals surface area contributed by atoms with Crippen molar-refractivity contribution in [2.45, 2.75) is 13.5 Å². The SMILES string of the molecule is CCOC(=O)c1cnn(C)c1CON. The lowest BCUT2D eigenvalue weighted by molar-refractivity contribution is 0.0517. The second kappa shape index (κ2) is 4.73. The maximum atomic E-state index is 11.4. The first-order chi connectivity index (χ1) is 6.70. The molecule has 1 rings (SSSR count). The van der Waals surface area contributed by atoms with Crippen LogP contribution in [0.15, 0.2) is 6.20 Å². The van der Waals surface area contributed by atoms with Crippen LogP contribution < -0.4 is 5.90 Å². The highest BCUT2D eigenvalue weighted by molar-refractivity contribution is 5.90. The number of ether oxygens (including phenoxy) is 1. The molecule has 0 bridgehead atoms. The number of hydrogen-bond donors (Lipinski definition) is 1. The number of nitrogens with zero attached hydrogens (tertiary/aromatic N) is 2. The van der Waals surface area contributed by atoms with E-state index in [0.717, 1.165) is 0 Å². The normalized spacial score (nSPS) is 10.2. The zero-order valence-electron chi connectivity index (χ0n) is 8.19. The fourth-order valence-corrected chi connectivity index (χ4v) is 1.09. The van der Waals surface area contributed by atoms with Crippen molar-refractivity contribution in [3.05, 3.63) is 17.5 Å². The molecule has 0 unspecified atom stereocenters. The number of carbonyl (C=O) groups is 1. The predicted octanol–water partition coefficient (Wildman–Crippen LogP) is -0.0129. The molecule has 0 aliphatic rings. The summed E-state index contributed by atoms with van der Waals surface area (Å²) in [5, 5.41) is 3.92. The van der Waals surface area contributed by atoms with E-state index in [1.165, 1.54) is 10.9 Å². The third kappa shape index (κ3) is 2.09. The van der Waals surface area contributed by atoms with Gasteiger partial charge in [0.2, 0.25) is 0 Å². The Morgan fingerprint density at radius 3 is 3.00 bits per heavy atom. The van der Waals surface area contributed by atoms with Crippen molar-refractivity contribution in [1.29, 1.82) is 0 Å². The van der Waals surface area contributed by atoms with E-state index < -0.39 is 5.97 Å². The number of aryl methyl sites for hydroxylation is 1. The first kappa shape index (κ1) is 10.7. The highest BCUT2D eigenvalue weighted by Gasteiger charge is 2.16. The topological polar surface area (TPSA) is 79.4 Å². The Balaban J connectivity index is 2.90. The molecule has 0 atom stereocenters. The van der Waals surface area contributed by atoms with Crippen molar-refractivity contribution in [3.8, 4) is 0 Å². The minimum Gasteiger partial charge on any atom is -0.462 e. The Morgan fingerprint density at radius 1 is 1.71 bits per heavy atom. The molecular formula is C8H13N3O3. The molecule has 2 N–H and O–H groups in total. The molecule has 1 aromatic heterocycles. The highest BCUT2D eigenvalue weighted by Crippen LogP contribution is 2.09. The van der Waals surface area contributed by atoms with Crippen LogP contribution in [0.1, 0.15) is 23.0 Å². The van der Waals surface area contributed by atoms with E-state index in [1.54, 1.807) is 14.0 Å². The average molecular weight is 199 g/mol. The smallest absolute Gasteiger partial charge is 0.341 e. The van der Waals surface area contributed by atoms with Gasteiger partial charge in [0.1, 0.15) is 12.2 Å². The first-order valence-corrected chi connectivity index (χ1v) is 4.20. The molecule has 0 radical (unpaired) electrons. The number of rotatable bonds is 4. The van der Waals surface area contributed by atoms with Gasteiger partial charge in [-0.05, 0) is 6.92 Å². The maximum absolute atomic E-state index is 11.4. The summed E-state index contributed by atoms with van der Waals surface area (Å²) in [6.07, 6.45) is 1.44. The molecule has 78 valence electrons. The van der Waals surface area contributed by atoms with E-state index in [0.29, 0.717) is 17.9 Å². The molecule has 0 spiro atoms. The monoisotopic (exact) mass is 199 g/mol. The zero-order valence-corrected chi connectivity index (χ0v) is 8.19. The van der Waals surface area contributed by atoms with Gasteiger partial charge in [0.25, 0.3) is 0 Å². The predicted molar refractivity (Wildman–Crippen MR) is 48.1 cm³/mol. The lowest BCUT2D eigenvalue weighted by atomic mass is 10.2. The standard InChI is InChI=1S/C8H13N3O3/c1-3-13-8(12)6-4-10-11(2)7(6)5-14-9/h4H,3,5,9H2,1-2H3. The second-order valence-electron chi connectivity index (χ2n) is 2.66. The van der Waals surface area contributed by atoms with E-state index in [1.807, 2.05) is 0 Å². The van der Waals surface area contributed by atoms with Crippen LogP contribution in [0.3, 0.4) is 0 Å². The van der Waals surface area contributed by atoms with Gasteiger partial charge in [0.15, 0.2) is 0 Å². The van der Waals surface area contributed by atoms with Crippen molar-refractivity contribution < 1.29 is 14.4 Å². The molecular weight excluding hydrogens is 186 g/mol. The minimum absolute atomic E-state index is 0.130. The van der Waals surface area contributed by atoms with Crippen molar-refractivity contribution in [2.75, 3.05) is 6.61 Å². The molecule has 0 saturated carbocycles. The summed E-state index contributed by atoms with van der Waals surface area (Å²) in [6.45, 7) is 2.20. The molecule has 6 nitrogen and oxygen atoms in total. The van der Waals surface area contributed by atoms with Gasteiger partial charge in [0, 0.05) is 7.05 Å². The molecule has 0 aliphatic heterocycles. The highest BCUT2D eigenvalue weighted by atomic mass is 16.6. The Kier molecular flexibility index (Phi) is 3.61. The van der Waals surface area contributed by atoms with Gasteiger partial charge in [-0.2, -0.15) is 5.10 Å². The van der Waals surface area contributed by atoms with Crippen LogP contribution in [0, 0.1) is 0 Å². The fourth-order valence-electron chi connectivity index (χ4n) is 1.09. The van der Waals surface area contributed by atoms with E-state index in [4.69, 9.17) is 10.6 Å². The molecule has 14 heavy (non-hydrogen) atoms. The summed E-state index contributed by atoms with van der Waals surface area (Å²) >= 11 is 0. The molecule has 1 aromatic rings. The Labute approximate surface area is 81.5 Å². The Hall–Kier alpha value is -1.40. The van der Waals surface area contributed by atoms with Crippen LogP contribution in [-0.2, 0) is 23.2 Å². The maximum Gasteiger partial charge on any atom is 0.341 e. The third-order valence-corrected chi connectivity index (χ3v) is 1.78. The van der Waals surface area contributed by atoms with E-state index in [2.05, 4.69) is 9.94 Å². The Bertz CT molecular complexity index is 322. The van der Waals surface area contributed by atoms with Gasteiger partial charge < -0.3 is 4.74 Å². The number of carbonyl (C=O) groups excluding carboxylic acids is 1.